The van der Waals surface area contributed by atoms with E-state index in [0.717, 1.165) is 5.56 Å². The lowest BCUT2D eigenvalue weighted by molar-refractivity contribution is -0.138. The van der Waals surface area contributed by atoms with Crippen molar-refractivity contribution in [2.24, 2.45) is 5.73 Å². The van der Waals surface area contributed by atoms with E-state index in [1.54, 1.807) is 12.1 Å². The molecule has 0 bridgehead atoms. The van der Waals surface area contributed by atoms with E-state index in [2.05, 4.69) is 0 Å². The maximum Gasteiger partial charge on any atom is 0.325 e. The number of carboxylic acid groups (broad SMARTS) is 1. The van der Waals surface area contributed by atoms with Gasteiger partial charge in [-0.25, -0.2) is 0 Å². The molecule has 1 unspecified atom stereocenters. The number of carbonyl (C=O) groups is 1. The zero-order chi connectivity index (χ0) is 11.6. The van der Waals surface area contributed by atoms with Gasteiger partial charge < -0.3 is 15.6 Å². The van der Waals surface area contributed by atoms with Crippen molar-refractivity contribution in [1.82, 2.24) is 0 Å². The molecule has 0 saturated carbocycles. The zero-order valence-electron chi connectivity index (χ0n) is 8.45. The highest BCUT2D eigenvalue weighted by molar-refractivity contribution is 6.32. The molecule has 0 saturated heterocycles. The third kappa shape index (κ3) is 2.40. The van der Waals surface area contributed by atoms with Crippen molar-refractivity contribution in [2.45, 2.75) is 13.0 Å². The summed E-state index contributed by atoms with van der Waals surface area (Å²) < 4.78 is 5.03. The Morgan fingerprint density at radius 3 is 2.67 bits per heavy atom. The average Bonchev–Trinajstić information content (AvgIpc) is 2.15. The van der Waals surface area contributed by atoms with E-state index < -0.39 is 12.0 Å². The molecule has 1 aromatic rings. The molecule has 0 radical (unpaired) electrons. The quantitative estimate of drug-likeness (QED) is 0.828. The number of rotatable bonds is 3. The summed E-state index contributed by atoms with van der Waals surface area (Å²) in [6, 6.07) is 2.22. The summed E-state index contributed by atoms with van der Waals surface area (Å²) in [6.45, 7) is 1.81. The molecule has 4 nitrogen and oxygen atoms in total. The topological polar surface area (TPSA) is 72.5 Å². The van der Waals surface area contributed by atoms with Crippen LogP contribution < -0.4 is 10.5 Å². The van der Waals surface area contributed by atoms with Gasteiger partial charge in [-0.3, -0.25) is 4.79 Å². The van der Waals surface area contributed by atoms with Crippen LogP contribution in [0.15, 0.2) is 12.1 Å². The molecule has 0 heterocycles. The lowest BCUT2D eigenvalue weighted by Gasteiger charge is -2.14. The fraction of sp³-hybridized carbons (Fsp3) is 0.300. The van der Waals surface area contributed by atoms with Gasteiger partial charge >= 0.3 is 5.97 Å². The number of hydrogen-bond donors (Lipinski definition) is 2. The zero-order valence-corrected chi connectivity index (χ0v) is 9.21. The maximum absolute atomic E-state index is 10.8. The molecule has 1 rings (SSSR count). The molecule has 0 aliphatic rings. The molecule has 1 aromatic carbocycles. The first-order valence-electron chi connectivity index (χ1n) is 4.29. The highest BCUT2D eigenvalue weighted by atomic mass is 35.5. The van der Waals surface area contributed by atoms with E-state index in [4.69, 9.17) is 27.2 Å². The van der Waals surface area contributed by atoms with Crippen LogP contribution in [0.2, 0.25) is 5.02 Å². The van der Waals surface area contributed by atoms with Gasteiger partial charge in [-0.1, -0.05) is 17.7 Å². The minimum atomic E-state index is -1.13. The van der Waals surface area contributed by atoms with Crippen LogP contribution in [0.25, 0.3) is 0 Å². The fourth-order valence-corrected chi connectivity index (χ4v) is 1.69. The number of methoxy groups -OCH3 is 1. The molecule has 0 spiro atoms. The number of aliphatic carboxylic acids is 1. The SMILES string of the molecule is COc1c(Cl)cc(C)cc1C(N)C(=O)O. The number of halogens is 1. The van der Waals surface area contributed by atoms with Crippen LogP contribution in [0.5, 0.6) is 5.75 Å². The van der Waals surface area contributed by atoms with Crippen molar-refractivity contribution in [2.75, 3.05) is 7.11 Å². The lowest BCUT2D eigenvalue weighted by atomic mass is 10.0. The summed E-state index contributed by atoms with van der Waals surface area (Å²) >= 11 is 5.91. The molecule has 15 heavy (non-hydrogen) atoms. The molecule has 0 amide bonds. The molecule has 5 heteroatoms. The molecule has 1 atom stereocenters. The average molecular weight is 230 g/mol. The largest absolute Gasteiger partial charge is 0.495 e. The maximum atomic E-state index is 10.8. The van der Waals surface area contributed by atoms with Gasteiger partial charge in [-0.15, -0.1) is 0 Å². The third-order valence-electron chi connectivity index (χ3n) is 2.02. The normalized spacial score (nSPS) is 12.3. The molecular weight excluding hydrogens is 218 g/mol. The smallest absolute Gasteiger partial charge is 0.325 e. The number of hydrogen-bond acceptors (Lipinski definition) is 3. The van der Waals surface area contributed by atoms with E-state index in [9.17, 15) is 4.79 Å². The second-order valence-corrected chi connectivity index (χ2v) is 3.59. The summed E-state index contributed by atoms with van der Waals surface area (Å²) in [5.74, 6) is -0.799. The first-order chi connectivity index (χ1) is 6.97. The van der Waals surface area contributed by atoms with Gasteiger partial charge in [0.05, 0.1) is 12.1 Å². The van der Waals surface area contributed by atoms with Crippen molar-refractivity contribution in [3.63, 3.8) is 0 Å². The molecule has 3 N–H and O–H groups in total. The Labute approximate surface area is 92.6 Å². The standard InChI is InChI=1S/C10H12ClNO3/c1-5-3-6(8(12)10(13)14)9(15-2)7(11)4-5/h3-4,8H,12H2,1-2H3,(H,13,14). The van der Waals surface area contributed by atoms with E-state index in [1.807, 2.05) is 6.92 Å². The number of benzene rings is 1. The van der Waals surface area contributed by atoms with Gasteiger partial charge in [0.2, 0.25) is 0 Å². The number of ether oxygens (including phenoxy) is 1. The first-order valence-corrected chi connectivity index (χ1v) is 4.67. The second kappa shape index (κ2) is 4.51. The Bertz CT molecular complexity index is 392. The highest BCUT2D eigenvalue weighted by Gasteiger charge is 2.21. The molecule has 0 fully saturated rings. The van der Waals surface area contributed by atoms with Gasteiger partial charge in [0.1, 0.15) is 11.8 Å². The van der Waals surface area contributed by atoms with Crippen molar-refractivity contribution in [3.05, 3.63) is 28.3 Å². The highest BCUT2D eigenvalue weighted by Crippen LogP contribution is 2.33. The Morgan fingerprint density at radius 2 is 2.20 bits per heavy atom. The van der Waals surface area contributed by atoms with Crippen LogP contribution in [0.1, 0.15) is 17.2 Å². The molecule has 0 aromatic heterocycles. The van der Waals surface area contributed by atoms with Crippen LogP contribution in [0.4, 0.5) is 0 Å². The van der Waals surface area contributed by atoms with Crippen molar-refractivity contribution < 1.29 is 14.6 Å². The van der Waals surface area contributed by atoms with Crippen molar-refractivity contribution in [3.8, 4) is 5.75 Å². The Balaban J connectivity index is 3.32. The first kappa shape index (κ1) is 11.8. The van der Waals surface area contributed by atoms with Crippen LogP contribution in [-0.4, -0.2) is 18.2 Å². The number of carboxylic acids is 1. The van der Waals surface area contributed by atoms with Crippen molar-refractivity contribution in [1.29, 1.82) is 0 Å². The molecular formula is C10H12ClNO3. The molecule has 0 aliphatic carbocycles. The molecule has 82 valence electrons. The van der Waals surface area contributed by atoms with E-state index >= 15 is 0 Å². The van der Waals surface area contributed by atoms with Crippen LogP contribution in [0, 0.1) is 6.92 Å². The third-order valence-corrected chi connectivity index (χ3v) is 2.30. The van der Waals surface area contributed by atoms with Crippen LogP contribution in [-0.2, 0) is 4.79 Å². The predicted molar refractivity (Wildman–Crippen MR) is 57.3 cm³/mol. The molecule has 0 aliphatic heterocycles. The van der Waals surface area contributed by atoms with Gasteiger partial charge in [-0.05, 0) is 18.6 Å². The Hall–Kier alpha value is -1.26. The minimum Gasteiger partial charge on any atom is -0.495 e. The van der Waals surface area contributed by atoms with Gasteiger partial charge in [-0.2, -0.15) is 0 Å². The fourth-order valence-electron chi connectivity index (χ4n) is 1.34. The predicted octanol–water partition coefficient (Wildman–Crippen LogP) is 1.74. The number of nitrogens with two attached hydrogens (primary N) is 1. The van der Waals surface area contributed by atoms with E-state index in [-0.39, 0.29) is 0 Å². The summed E-state index contributed by atoms with van der Waals surface area (Å²) in [4.78, 5) is 10.8. The van der Waals surface area contributed by atoms with Gasteiger partial charge in [0.15, 0.2) is 0 Å². The van der Waals surface area contributed by atoms with Crippen LogP contribution >= 0.6 is 11.6 Å². The summed E-state index contributed by atoms with van der Waals surface area (Å²) in [5.41, 5.74) is 6.74. The minimum absolute atomic E-state index is 0.317. The number of aryl methyl sites for hydroxylation is 1. The van der Waals surface area contributed by atoms with E-state index in [0.29, 0.717) is 16.3 Å². The van der Waals surface area contributed by atoms with E-state index in [1.165, 1.54) is 7.11 Å². The second-order valence-electron chi connectivity index (χ2n) is 3.19. The van der Waals surface area contributed by atoms with Crippen molar-refractivity contribution >= 4 is 17.6 Å². The Kier molecular flexibility index (Phi) is 3.55. The van der Waals surface area contributed by atoms with Gasteiger partial charge in [0, 0.05) is 5.56 Å². The summed E-state index contributed by atoms with van der Waals surface area (Å²) in [6.07, 6.45) is 0. The lowest BCUT2D eigenvalue weighted by Crippen LogP contribution is -2.21. The van der Waals surface area contributed by atoms with Gasteiger partial charge in [0.25, 0.3) is 0 Å². The summed E-state index contributed by atoms with van der Waals surface area (Å²) in [5, 5.41) is 9.18. The Morgan fingerprint density at radius 1 is 1.60 bits per heavy atom. The van der Waals surface area contributed by atoms with Crippen LogP contribution in [0.3, 0.4) is 0 Å². The monoisotopic (exact) mass is 229 g/mol. The summed E-state index contributed by atoms with van der Waals surface area (Å²) in [7, 11) is 1.43.